The Balaban J connectivity index is 1.58. The first-order chi connectivity index (χ1) is 8.74. The second-order valence-corrected chi connectivity index (χ2v) is 5.81. The maximum atomic E-state index is 11.9. The molecule has 0 N–H and O–H groups in total. The number of hydrogen-bond acceptors (Lipinski definition) is 4. The van der Waals surface area contributed by atoms with Gasteiger partial charge in [-0.2, -0.15) is 0 Å². The van der Waals surface area contributed by atoms with Crippen LogP contribution in [0.3, 0.4) is 0 Å². The molecular formula is C13H13NO3S. The van der Waals surface area contributed by atoms with E-state index in [-0.39, 0.29) is 29.1 Å². The summed E-state index contributed by atoms with van der Waals surface area (Å²) in [6.45, 7) is 0.892. The summed E-state index contributed by atoms with van der Waals surface area (Å²) in [5.41, 5.74) is 0.955. The number of carbonyl (C=O) groups is 2. The predicted octanol–water partition coefficient (Wildman–Crippen LogP) is 2.04. The van der Waals surface area contributed by atoms with Crippen LogP contribution in [-0.2, 0) is 16.1 Å². The number of rotatable bonds is 2. The summed E-state index contributed by atoms with van der Waals surface area (Å²) in [4.78, 5) is 25.0. The number of benzene rings is 1. The number of ether oxygens (including phenoxy) is 1. The molecule has 94 valence electrons. The lowest BCUT2D eigenvalue weighted by Crippen LogP contribution is -2.41. The van der Waals surface area contributed by atoms with E-state index in [1.807, 2.05) is 30.3 Å². The summed E-state index contributed by atoms with van der Waals surface area (Å²) in [6.07, 6.45) is 0.407. The number of nitrogens with zero attached hydrogens (tertiary/aromatic N) is 1. The zero-order valence-electron chi connectivity index (χ0n) is 9.74. The van der Waals surface area contributed by atoms with E-state index in [9.17, 15) is 9.59 Å². The number of fused-ring (bicyclic) bond motifs is 2. The molecule has 2 bridgehead atoms. The van der Waals surface area contributed by atoms with Crippen LogP contribution < -0.4 is 0 Å². The summed E-state index contributed by atoms with van der Waals surface area (Å²) >= 11 is 1.36. The lowest BCUT2D eigenvalue weighted by atomic mass is 10.2. The topological polar surface area (TPSA) is 46.6 Å². The van der Waals surface area contributed by atoms with E-state index in [1.165, 1.54) is 11.8 Å². The first-order valence-corrected chi connectivity index (χ1v) is 6.80. The molecular weight excluding hydrogens is 250 g/mol. The highest BCUT2D eigenvalue weighted by atomic mass is 32.2. The molecule has 1 aromatic carbocycles. The summed E-state index contributed by atoms with van der Waals surface area (Å²) in [5, 5.41) is 0.370. The summed E-state index contributed by atoms with van der Waals surface area (Å²) in [6, 6.07) is 9.28. The third-order valence-electron chi connectivity index (χ3n) is 3.26. The molecule has 2 saturated heterocycles. The smallest absolute Gasteiger partial charge is 0.410 e. The molecule has 0 saturated carbocycles. The van der Waals surface area contributed by atoms with E-state index in [4.69, 9.17) is 4.74 Å². The van der Waals surface area contributed by atoms with Gasteiger partial charge in [0.1, 0.15) is 12.6 Å². The highest BCUT2D eigenvalue weighted by molar-refractivity contribution is 8.14. The predicted molar refractivity (Wildman–Crippen MR) is 68.1 cm³/mol. The number of hydrogen-bond donors (Lipinski definition) is 0. The number of likely N-dealkylation sites (tertiary alicyclic amines) is 1. The van der Waals surface area contributed by atoms with Crippen LogP contribution >= 0.6 is 11.8 Å². The van der Waals surface area contributed by atoms with Crippen LogP contribution in [0.25, 0.3) is 0 Å². The van der Waals surface area contributed by atoms with Crippen molar-refractivity contribution in [3.8, 4) is 0 Å². The molecule has 5 heteroatoms. The lowest BCUT2D eigenvalue weighted by molar-refractivity contribution is -0.114. The average Bonchev–Trinajstić information content (AvgIpc) is 2.96. The first kappa shape index (κ1) is 11.6. The maximum absolute atomic E-state index is 11.9. The lowest BCUT2D eigenvalue weighted by Gasteiger charge is -2.24. The van der Waals surface area contributed by atoms with Crippen LogP contribution in [0.2, 0.25) is 0 Å². The highest BCUT2D eigenvalue weighted by Gasteiger charge is 2.47. The van der Waals surface area contributed by atoms with Crippen LogP contribution in [0.5, 0.6) is 0 Å². The third kappa shape index (κ3) is 2.10. The SMILES string of the molecule is O=C1SC2CC1N(C(=O)OCc1ccccc1)C2. The van der Waals surface area contributed by atoms with Gasteiger partial charge in [-0.25, -0.2) is 4.79 Å². The molecule has 2 unspecified atom stereocenters. The zero-order valence-corrected chi connectivity index (χ0v) is 10.6. The molecule has 3 rings (SSSR count). The van der Waals surface area contributed by atoms with Crippen molar-refractivity contribution in [2.45, 2.75) is 24.3 Å². The van der Waals surface area contributed by atoms with Gasteiger partial charge in [0.05, 0.1) is 0 Å². The number of amides is 1. The molecule has 0 radical (unpaired) electrons. The molecule has 0 spiro atoms. The second kappa shape index (κ2) is 4.65. The number of carbonyl (C=O) groups excluding carboxylic acids is 2. The van der Waals surface area contributed by atoms with Crippen molar-refractivity contribution in [3.05, 3.63) is 35.9 Å². The van der Waals surface area contributed by atoms with Crippen LogP contribution in [0.1, 0.15) is 12.0 Å². The minimum Gasteiger partial charge on any atom is -0.445 e. The quantitative estimate of drug-likeness (QED) is 0.819. The van der Waals surface area contributed by atoms with Gasteiger partial charge in [-0.3, -0.25) is 9.69 Å². The van der Waals surface area contributed by atoms with Crippen molar-refractivity contribution in [1.29, 1.82) is 0 Å². The Labute approximate surface area is 109 Å². The average molecular weight is 263 g/mol. The molecule has 0 aliphatic carbocycles. The fourth-order valence-electron chi connectivity index (χ4n) is 2.35. The van der Waals surface area contributed by atoms with E-state index in [2.05, 4.69) is 0 Å². The summed E-state index contributed by atoms with van der Waals surface area (Å²) in [7, 11) is 0. The van der Waals surface area contributed by atoms with Crippen molar-refractivity contribution in [2.24, 2.45) is 0 Å². The minimum atomic E-state index is -0.375. The zero-order chi connectivity index (χ0) is 12.5. The molecule has 2 aliphatic rings. The Kier molecular flexibility index (Phi) is 2.99. The van der Waals surface area contributed by atoms with Gasteiger partial charge in [0.2, 0.25) is 5.12 Å². The van der Waals surface area contributed by atoms with Crippen LogP contribution in [-0.4, -0.2) is 33.9 Å². The molecule has 4 nitrogen and oxygen atoms in total. The van der Waals surface area contributed by atoms with Crippen molar-refractivity contribution >= 4 is 23.0 Å². The van der Waals surface area contributed by atoms with Crippen molar-refractivity contribution < 1.29 is 14.3 Å². The number of thioether (sulfide) groups is 1. The largest absolute Gasteiger partial charge is 0.445 e. The van der Waals surface area contributed by atoms with Gasteiger partial charge in [0.25, 0.3) is 0 Å². The van der Waals surface area contributed by atoms with Gasteiger partial charge in [-0.1, -0.05) is 42.1 Å². The normalized spacial score (nSPS) is 25.6. The van der Waals surface area contributed by atoms with Crippen LogP contribution in [0.4, 0.5) is 4.79 Å². The fraction of sp³-hybridized carbons (Fsp3) is 0.385. The monoisotopic (exact) mass is 263 g/mol. The fourth-order valence-corrected chi connectivity index (χ4v) is 3.58. The standard InChI is InChI=1S/C13H13NO3S/c15-12-11-6-10(18-12)7-14(11)13(16)17-8-9-4-2-1-3-5-9/h1-5,10-11H,6-8H2. The van der Waals surface area contributed by atoms with Gasteiger partial charge in [-0.15, -0.1) is 0 Å². The van der Waals surface area contributed by atoms with Crippen LogP contribution in [0.15, 0.2) is 30.3 Å². The van der Waals surface area contributed by atoms with E-state index < -0.39 is 0 Å². The third-order valence-corrected chi connectivity index (χ3v) is 4.44. The molecule has 1 aromatic rings. The molecule has 2 fully saturated rings. The molecule has 2 atom stereocenters. The van der Waals surface area contributed by atoms with Crippen molar-refractivity contribution in [3.63, 3.8) is 0 Å². The minimum absolute atomic E-state index is 0.0999. The van der Waals surface area contributed by atoms with E-state index in [0.29, 0.717) is 6.54 Å². The Morgan fingerprint density at radius 1 is 1.39 bits per heavy atom. The van der Waals surface area contributed by atoms with Gasteiger partial charge in [-0.05, 0) is 12.0 Å². The molecule has 2 heterocycles. The second-order valence-electron chi connectivity index (χ2n) is 4.50. The molecule has 18 heavy (non-hydrogen) atoms. The summed E-state index contributed by atoms with van der Waals surface area (Å²) < 4.78 is 5.24. The molecule has 1 amide bonds. The van der Waals surface area contributed by atoms with E-state index in [1.54, 1.807) is 4.90 Å². The van der Waals surface area contributed by atoms with Gasteiger partial charge >= 0.3 is 6.09 Å². The van der Waals surface area contributed by atoms with Crippen molar-refractivity contribution in [1.82, 2.24) is 4.90 Å². The van der Waals surface area contributed by atoms with Crippen LogP contribution in [0, 0.1) is 0 Å². The Hall–Kier alpha value is -1.49. The van der Waals surface area contributed by atoms with Crippen molar-refractivity contribution in [2.75, 3.05) is 6.54 Å². The first-order valence-electron chi connectivity index (χ1n) is 5.92. The Morgan fingerprint density at radius 3 is 2.83 bits per heavy atom. The van der Waals surface area contributed by atoms with Gasteiger partial charge in [0, 0.05) is 11.8 Å². The van der Waals surface area contributed by atoms with E-state index in [0.717, 1.165) is 12.0 Å². The Morgan fingerprint density at radius 2 is 2.17 bits per heavy atom. The maximum Gasteiger partial charge on any atom is 0.410 e. The van der Waals surface area contributed by atoms with Gasteiger partial charge < -0.3 is 4.74 Å². The highest BCUT2D eigenvalue weighted by Crippen LogP contribution is 2.39. The summed E-state index contributed by atoms with van der Waals surface area (Å²) in [5.74, 6) is 0. The molecule has 0 aromatic heterocycles. The van der Waals surface area contributed by atoms with Gasteiger partial charge in [0.15, 0.2) is 0 Å². The Bertz CT molecular complexity index is 476. The molecule has 2 aliphatic heterocycles. The van der Waals surface area contributed by atoms with E-state index >= 15 is 0 Å².